The number of nitrogens with zero attached hydrogens (tertiary/aromatic N) is 1. The van der Waals surface area contributed by atoms with Crippen LogP contribution in [0.15, 0.2) is 41.7 Å². The Balaban J connectivity index is 1.57. The van der Waals surface area contributed by atoms with Crippen molar-refractivity contribution < 1.29 is 9.90 Å². The first kappa shape index (κ1) is 17.5. The van der Waals surface area contributed by atoms with Gasteiger partial charge in [-0.2, -0.15) is 0 Å². The van der Waals surface area contributed by atoms with Gasteiger partial charge in [-0.05, 0) is 68.4 Å². The van der Waals surface area contributed by atoms with E-state index in [1.165, 1.54) is 23.8 Å². The van der Waals surface area contributed by atoms with Crippen LogP contribution in [0, 0.1) is 17.8 Å². The first-order chi connectivity index (χ1) is 13.5. The van der Waals surface area contributed by atoms with Gasteiger partial charge in [0.15, 0.2) is 0 Å². The van der Waals surface area contributed by atoms with Crippen molar-refractivity contribution in [2.24, 2.45) is 17.8 Å². The fraction of sp³-hybridized carbons (Fsp3) is 0.478. The van der Waals surface area contributed by atoms with E-state index in [4.69, 9.17) is 0 Å². The molecule has 2 aromatic rings. The number of hydrogen-bond donors (Lipinski definition) is 2. The molecule has 1 aromatic carbocycles. The summed E-state index contributed by atoms with van der Waals surface area (Å²) in [4.78, 5) is 26.4. The lowest BCUT2D eigenvalue weighted by Crippen LogP contribution is -2.60. The van der Waals surface area contributed by atoms with Crippen LogP contribution in [0.4, 0.5) is 0 Å². The third kappa shape index (κ3) is 2.60. The van der Waals surface area contributed by atoms with Crippen LogP contribution in [-0.4, -0.2) is 21.1 Å². The molecule has 28 heavy (non-hydrogen) atoms. The van der Waals surface area contributed by atoms with Crippen LogP contribution in [-0.2, 0) is 6.54 Å². The van der Waals surface area contributed by atoms with E-state index in [1.54, 1.807) is 24.3 Å². The molecule has 1 aromatic heterocycles. The highest BCUT2D eigenvalue weighted by molar-refractivity contribution is 6.02. The summed E-state index contributed by atoms with van der Waals surface area (Å²) in [5.74, 6) is 1.41. The van der Waals surface area contributed by atoms with Crippen LogP contribution >= 0.6 is 0 Å². The van der Waals surface area contributed by atoms with Crippen molar-refractivity contribution in [2.45, 2.75) is 50.6 Å². The molecule has 2 N–H and O–H groups in total. The Morgan fingerprint density at radius 1 is 1.18 bits per heavy atom. The van der Waals surface area contributed by atoms with Crippen LogP contribution in [0.1, 0.15) is 48.9 Å². The lowest BCUT2D eigenvalue weighted by molar-refractivity contribution is -0.0167. The van der Waals surface area contributed by atoms with Crippen molar-refractivity contribution in [2.75, 3.05) is 0 Å². The number of fused-ring (bicyclic) bond motifs is 1. The summed E-state index contributed by atoms with van der Waals surface area (Å²) in [6.07, 6.45) is 8.47. The average molecular weight is 378 g/mol. The van der Waals surface area contributed by atoms with E-state index in [0.717, 1.165) is 19.3 Å². The smallest absolute Gasteiger partial charge is 0.268 e. The third-order valence-electron chi connectivity index (χ3n) is 7.10. The summed E-state index contributed by atoms with van der Waals surface area (Å²) >= 11 is 0. The van der Waals surface area contributed by atoms with Gasteiger partial charge in [0.05, 0.1) is 5.52 Å². The predicted molar refractivity (Wildman–Crippen MR) is 108 cm³/mol. The zero-order valence-corrected chi connectivity index (χ0v) is 16.0. The van der Waals surface area contributed by atoms with Crippen LogP contribution in [0.5, 0.6) is 5.75 Å². The lowest BCUT2D eigenvalue weighted by Gasteiger charge is -2.56. The van der Waals surface area contributed by atoms with Crippen molar-refractivity contribution in [3.63, 3.8) is 0 Å². The number of aromatic hydroxyl groups is 1. The Labute approximate surface area is 164 Å². The number of nitrogens with one attached hydrogen (secondary N) is 1. The Bertz CT molecular complexity index is 1000. The topological polar surface area (TPSA) is 71.3 Å². The van der Waals surface area contributed by atoms with E-state index >= 15 is 0 Å². The molecule has 4 bridgehead atoms. The molecule has 0 saturated heterocycles. The number of carbonyl (C=O) groups excluding carboxylic acids is 1. The van der Waals surface area contributed by atoms with Gasteiger partial charge in [-0.1, -0.05) is 18.2 Å². The number of carbonyl (C=O) groups is 1. The highest BCUT2D eigenvalue weighted by atomic mass is 16.3. The molecule has 146 valence electrons. The maximum absolute atomic E-state index is 13.3. The number of pyridine rings is 1. The largest absolute Gasteiger partial charge is 0.506 e. The number of amides is 1. The van der Waals surface area contributed by atoms with E-state index in [0.29, 0.717) is 28.7 Å². The molecule has 0 aliphatic heterocycles. The van der Waals surface area contributed by atoms with Gasteiger partial charge in [0, 0.05) is 17.5 Å². The van der Waals surface area contributed by atoms with Gasteiger partial charge in [-0.15, -0.1) is 6.58 Å². The molecule has 5 nitrogen and oxygen atoms in total. The normalized spacial score (nSPS) is 30.5. The Hall–Kier alpha value is -2.56. The van der Waals surface area contributed by atoms with Gasteiger partial charge in [0.2, 0.25) is 0 Å². The van der Waals surface area contributed by atoms with Gasteiger partial charge < -0.3 is 15.0 Å². The highest BCUT2D eigenvalue weighted by Gasteiger charge is 2.51. The second kappa shape index (κ2) is 6.23. The summed E-state index contributed by atoms with van der Waals surface area (Å²) in [6, 6.07) is 7.13. The van der Waals surface area contributed by atoms with E-state index in [2.05, 4.69) is 11.9 Å². The molecule has 4 fully saturated rings. The fourth-order valence-electron chi connectivity index (χ4n) is 6.47. The van der Waals surface area contributed by atoms with Crippen molar-refractivity contribution in [1.29, 1.82) is 0 Å². The Morgan fingerprint density at radius 3 is 2.39 bits per heavy atom. The monoisotopic (exact) mass is 378 g/mol. The number of allylic oxidation sites excluding steroid dienone is 1. The molecular weight excluding hydrogens is 352 g/mol. The van der Waals surface area contributed by atoms with Crippen molar-refractivity contribution in [3.05, 3.63) is 52.8 Å². The SMILES string of the molecule is C=CCn1c(=O)c(C(=O)NC23CC4CC(CC(C4)C2)C3)c(O)c2ccccc21. The van der Waals surface area contributed by atoms with E-state index in [9.17, 15) is 14.7 Å². The van der Waals surface area contributed by atoms with E-state index < -0.39 is 11.5 Å². The number of aromatic nitrogens is 1. The molecular formula is C23H26N2O3. The molecule has 5 heteroatoms. The summed E-state index contributed by atoms with van der Waals surface area (Å²) < 4.78 is 1.51. The molecule has 0 atom stereocenters. The average Bonchev–Trinajstić information content (AvgIpc) is 2.63. The maximum atomic E-state index is 13.3. The van der Waals surface area contributed by atoms with Gasteiger partial charge in [-0.25, -0.2) is 0 Å². The number of para-hydroxylation sites is 1. The molecule has 1 amide bonds. The van der Waals surface area contributed by atoms with Gasteiger partial charge in [-0.3, -0.25) is 9.59 Å². The minimum absolute atomic E-state index is 0.142. The highest BCUT2D eigenvalue weighted by Crippen LogP contribution is 2.55. The van der Waals surface area contributed by atoms with Crippen LogP contribution in [0.2, 0.25) is 0 Å². The first-order valence-corrected chi connectivity index (χ1v) is 10.3. The second-order valence-corrected chi connectivity index (χ2v) is 9.10. The predicted octanol–water partition coefficient (Wildman–Crippen LogP) is 3.59. The minimum atomic E-state index is -0.460. The van der Waals surface area contributed by atoms with Crippen molar-refractivity contribution >= 4 is 16.8 Å². The third-order valence-corrected chi connectivity index (χ3v) is 7.10. The fourth-order valence-corrected chi connectivity index (χ4v) is 6.47. The van der Waals surface area contributed by atoms with Gasteiger partial charge >= 0.3 is 0 Å². The molecule has 4 aliphatic rings. The molecule has 0 spiro atoms. The van der Waals surface area contributed by atoms with E-state index in [1.807, 2.05) is 6.07 Å². The number of benzene rings is 1. The first-order valence-electron chi connectivity index (χ1n) is 10.3. The summed E-state index contributed by atoms with van der Waals surface area (Å²) in [7, 11) is 0. The summed E-state index contributed by atoms with van der Waals surface area (Å²) in [5, 5.41) is 14.5. The molecule has 6 rings (SSSR count). The number of rotatable bonds is 4. The summed E-state index contributed by atoms with van der Waals surface area (Å²) in [5.41, 5.74) is -0.203. The molecule has 4 saturated carbocycles. The van der Waals surface area contributed by atoms with Crippen LogP contribution < -0.4 is 10.9 Å². The Morgan fingerprint density at radius 2 is 1.79 bits per heavy atom. The minimum Gasteiger partial charge on any atom is -0.506 e. The maximum Gasteiger partial charge on any atom is 0.268 e. The number of hydrogen-bond acceptors (Lipinski definition) is 3. The van der Waals surface area contributed by atoms with Crippen molar-refractivity contribution in [3.8, 4) is 5.75 Å². The van der Waals surface area contributed by atoms with Gasteiger partial charge in [0.25, 0.3) is 11.5 Å². The zero-order valence-electron chi connectivity index (χ0n) is 16.0. The van der Waals surface area contributed by atoms with Gasteiger partial charge in [0.1, 0.15) is 11.3 Å². The van der Waals surface area contributed by atoms with Crippen molar-refractivity contribution in [1.82, 2.24) is 9.88 Å². The molecule has 4 aliphatic carbocycles. The lowest BCUT2D eigenvalue weighted by atomic mass is 9.53. The van der Waals surface area contributed by atoms with Crippen LogP contribution in [0.3, 0.4) is 0 Å². The standard InChI is InChI=1S/C23H26N2O3/c1-2-7-25-18-6-4-3-5-17(18)20(26)19(22(25)28)21(27)24-23-11-14-8-15(12-23)10-16(9-14)13-23/h2-6,14-16,26H,1,7-13H2,(H,24,27). The molecule has 0 radical (unpaired) electrons. The second-order valence-electron chi connectivity index (χ2n) is 9.10. The quantitative estimate of drug-likeness (QED) is 0.799. The van der Waals surface area contributed by atoms with Crippen LogP contribution in [0.25, 0.3) is 10.9 Å². The van der Waals surface area contributed by atoms with E-state index in [-0.39, 0.29) is 23.4 Å². The Kier molecular flexibility index (Phi) is 3.90. The zero-order chi connectivity index (χ0) is 19.5. The molecule has 0 unspecified atom stereocenters. The molecule has 1 heterocycles. The summed E-state index contributed by atoms with van der Waals surface area (Å²) in [6.45, 7) is 4.01.